The predicted octanol–water partition coefficient (Wildman–Crippen LogP) is 3.14. The summed E-state index contributed by atoms with van der Waals surface area (Å²) in [6.07, 6.45) is 3.96. The minimum absolute atomic E-state index is 0.260. The molecule has 0 bridgehead atoms. The van der Waals surface area contributed by atoms with Crippen LogP contribution in [0.4, 0.5) is 0 Å². The van der Waals surface area contributed by atoms with Crippen molar-refractivity contribution in [1.29, 1.82) is 0 Å². The highest BCUT2D eigenvalue weighted by molar-refractivity contribution is 6.18. The van der Waals surface area contributed by atoms with E-state index in [1.54, 1.807) is 7.11 Å². The zero-order valence-electron chi connectivity index (χ0n) is 9.74. The van der Waals surface area contributed by atoms with Crippen LogP contribution in [0.3, 0.4) is 0 Å². The number of allylic oxidation sites excluding steroid dienone is 1. The maximum absolute atomic E-state index is 5.55. The molecule has 0 aliphatic carbocycles. The van der Waals surface area contributed by atoms with Crippen LogP contribution < -0.4 is 10.1 Å². The molecule has 1 aromatic carbocycles. The van der Waals surface area contributed by atoms with Gasteiger partial charge in [0.2, 0.25) is 0 Å². The van der Waals surface area contributed by atoms with Crippen molar-refractivity contribution in [3.63, 3.8) is 0 Å². The van der Waals surface area contributed by atoms with Gasteiger partial charge in [0.05, 0.1) is 7.11 Å². The zero-order chi connectivity index (χ0) is 11.8. The Labute approximate surface area is 102 Å². The van der Waals surface area contributed by atoms with Crippen molar-refractivity contribution in [1.82, 2.24) is 5.32 Å². The van der Waals surface area contributed by atoms with Crippen LogP contribution in [0.25, 0.3) is 0 Å². The van der Waals surface area contributed by atoms with E-state index in [-0.39, 0.29) is 6.04 Å². The van der Waals surface area contributed by atoms with E-state index in [0.29, 0.717) is 5.88 Å². The van der Waals surface area contributed by atoms with Gasteiger partial charge in [0, 0.05) is 24.0 Å². The predicted molar refractivity (Wildman–Crippen MR) is 69.3 cm³/mol. The molecule has 0 unspecified atom stereocenters. The fourth-order valence-electron chi connectivity index (χ4n) is 1.53. The Morgan fingerprint density at radius 3 is 2.81 bits per heavy atom. The van der Waals surface area contributed by atoms with Crippen molar-refractivity contribution in [3.8, 4) is 5.75 Å². The van der Waals surface area contributed by atoms with Crippen molar-refractivity contribution in [2.24, 2.45) is 0 Å². The van der Waals surface area contributed by atoms with Crippen LogP contribution in [0.1, 0.15) is 18.5 Å². The zero-order valence-corrected chi connectivity index (χ0v) is 10.5. The summed E-state index contributed by atoms with van der Waals surface area (Å²) in [7, 11) is 1.69. The lowest BCUT2D eigenvalue weighted by molar-refractivity contribution is 0.403. The fourth-order valence-corrected chi connectivity index (χ4v) is 1.65. The van der Waals surface area contributed by atoms with Gasteiger partial charge in [-0.3, -0.25) is 0 Å². The van der Waals surface area contributed by atoms with E-state index in [9.17, 15) is 0 Å². The first-order valence-corrected chi connectivity index (χ1v) is 5.90. The molecule has 1 rings (SSSR count). The first kappa shape index (κ1) is 13.1. The first-order chi connectivity index (χ1) is 7.79. The number of alkyl halides is 1. The highest BCUT2D eigenvalue weighted by Gasteiger charge is 2.08. The Hall–Kier alpha value is -0.990. The molecule has 1 atom stereocenters. The van der Waals surface area contributed by atoms with Gasteiger partial charge in [0.25, 0.3) is 0 Å². The number of para-hydroxylation sites is 1. The molecule has 0 radical (unpaired) electrons. The number of rotatable bonds is 6. The maximum atomic E-state index is 5.55. The summed E-state index contributed by atoms with van der Waals surface area (Å²) in [4.78, 5) is 0. The second-order valence-corrected chi connectivity index (χ2v) is 3.81. The smallest absolute Gasteiger partial charge is 0.123 e. The number of benzene rings is 1. The Kier molecular flexibility index (Phi) is 5.98. The minimum atomic E-state index is 0.260. The normalized spacial score (nSPS) is 12.9. The molecule has 0 fully saturated rings. The van der Waals surface area contributed by atoms with Crippen LogP contribution in [0, 0.1) is 0 Å². The van der Waals surface area contributed by atoms with Crippen molar-refractivity contribution < 1.29 is 4.74 Å². The van der Waals surface area contributed by atoms with E-state index in [1.165, 1.54) is 5.56 Å². The van der Waals surface area contributed by atoms with Gasteiger partial charge in [-0.2, -0.15) is 0 Å². The van der Waals surface area contributed by atoms with E-state index < -0.39 is 0 Å². The van der Waals surface area contributed by atoms with Gasteiger partial charge in [-0.25, -0.2) is 0 Å². The summed E-state index contributed by atoms with van der Waals surface area (Å²) in [5, 5.41) is 3.38. The summed E-state index contributed by atoms with van der Waals surface area (Å²) in [6, 6.07) is 8.30. The second kappa shape index (κ2) is 7.31. The van der Waals surface area contributed by atoms with Crippen LogP contribution in [-0.4, -0.2) is 19.5 Å². The van der Waals surface area contributed by atoms with Crippen LogP contribution in [0.15, 0.2) is 36.4 Å². The molecule has 2 nitrogen and oxygen atoms in total. The summed E-state index contributed by atoms with van der Waals surface area (Å²) < 4.78 is 5.31. The third-order valence-electron chi connectivity index (χ3n) is 2.40. The largest absolute Gasteiger partial charge is 0.496 e. The quantitative estimate of drug-likeness (QED) is 0.608. The van der Waals surface area contributed by atoms with Crippen molar-refractivity contribution in [3.05, 3.63) is 42.0 Å². The third kappa shape index (κ3) is 3.87. The standard InChI is InChI=1S/C13H18ClNO/c1-11(15-10-6-5-9-14)12-7-3-4-8-13(12)16-2/h3-8,11,15H,9-10H2,1-2H3/b6-5+/t11-/m0/s1. The van der Waals surface area contributed by atoms with Crippen LogP contribution >= 0.6 is 11.6 Å². The Morgan fingerprint density at radius 2 is 2.12 bits per heavy atom. The van der Waals surface area contributed by atoms with Crippen molar-refractivity contribution in [2.45, 2.75) is 13.0 Å². The molecule has 1 N–H and O–H groups in total. The van der Waals surface area contributed by atoms with E-state index in [4.69, 9.17) is 16.3 Å². The lowest BCUT2D eigenvalue weighted by Crippen LogP contribution is -2.19. The van der Waals surface area contributed by atoms with Crippen LogP contribution in [-0.2, 0) is 0 Å². The van der Waals surface area contributed by atoms with Crippen molar-refractivity contribution in [2.75, 3.05) is 19.5 Å². The number of hydrogen-bond donors (Lipinski definition) is 1. The number of halogens is 1. The van der Waals surface area contributed by atoms with Gasteiger partial charge in [0.1, 0.15) is 5.75 Å². The molecule has 3 heteroatoms. The molecule has 0 amide bonds. The van der Waals surface area contributed by atoms with Gasteiger partial charge in [-0.1, -0.05) is 30.4 Å². The maximum Gasteiger partial charge on any atom is 0.123 e. The number of nitrogens with one attached hydrogen (secondary N) is 1. The average molecular weight is 240 g/mol. The molecule has 0 saturated heterocycles. The highest BCUT2D eigenvalue weighted by atomic mass is 35.5. The van der Waals surface area contributed by atoms with E-state index in [2.05, 4.69) is 18.3 Å². The van der Waals surface area contributed by atoms with E-state index in [1.807, 2.05) is 30.4 Å². The first-order valence-electron chi connectivity index (χ1n) is 5.37. The SMILES string of the molecule is COc1ccccc1[C@H](C)NC/C=C/CCl. The van der Waals surface area contributed by atoms with Crippen molar-refractivity contribution >= 4 is 11.6 Å². The molecule has 0 aliphatic heterocycles. The highest BCUT2D eigenvalue weighted by Crippen LogP contribution is 2.23. The molecule has 88 valence electrons. The number of methoxy groups -OCH3 is 1. The molecule has 0 aromatic heterocycles. The molecule has 0 heterocycles. The van der Waals surface area contributed by atoms with Gasteiger partial charge >= 0.3 is 0 Å². The lowest BCUT2D eigenvalue weighted by atomic mass is 10.1. The summed E-state index contributed by atoms with van der Waals surface area (Å²) in [5.41, 5.74) is 1.17. The topological polar surface area (TPSA) is 21.3 Å². The molecule has 1 aromatic rings. The van der Waals surface area contributed by atoms with Crippen LogP contribution in [0.2, 0.25) is 0 Å². The molecule has 16 heavy (non-hydrogen) atoms. The fraction of sp³-hybridized carbons (Fsp3) is 0.385. The second-order valence-electron chi connectivity index (χ2n) is 3.50. The number of hydrogen-bond acceptors (Lipinski definition) is 2. The summed E-state index contributed by atoms with van der Waals surface area (Å²) >= 11 is 5.55. The Balaban J connectivity index is 2.58. The van der Waals surface area contributed by atoms with E-state index >= 15 is 0 Å². The number of ether oxygens (including phenoxy) is 1. The minimum Gasteiger partial charge on any atom is -0.496 e. The lowest BCUT2D eigenvalue weighted by Gasteiger charge is -2.16. The molecular formula is C13H18ClNO. The van der Waals surface area contributed by atoms with Gasteiger partial charge in [-0.05, 0) is 13.0 Å². The van der Waals surface area contributed by atoms with Gasteiger partial charge < -0.3 is 10.1 Å². The third-order valence-corrected chi connectivity index (χ3v) is 2.58. The monoisotopic (exact) mass is 239 g/mol. The average Bonchev–Trinajstić information content (AvgIpc) is 2.34. The molecule has 0 spiro atoms. The van der Waals surface area contributed by atoms with E-state index in [0.717, 1.165) is 12.3 Å². The van der Waals surface area contributed by atoms with Crippen LogP contribution in [0.5, 0.6) is 5.75 Å². The summed E-state index contributed by atoms with van der Waals surface area (Å²) in [5.74, 6) is 1.48. The Bertz CT molecular complexity index is 338. The van der Waals surface area contributed by atoms with Gasteiger partial charge in [0.15, 0.2) is 0 Å². The molecule has 0 aliphatic rings. The molecular weight excluding hydrogens is 222 g/mol. The van der Waals surface area contributed by atoms with Gasteiger partial charge in [-0.15, -0.1) is 11.6 Å². The summed E-state index contributed by atoms with van der Waals surface area (Å²) in [6.45, 7) is 2.93. The Morgan fingerprint density at radius 1 is 1.38 bits per heavy atom. The molecule has 0 saturated carbocycles.